The summed E-state index contributed by atoms with van der Waals surface area (Å²) in [7, 11) is 5.60. The molecule has 0 atom stereocenters. The van der Waals surface area contributed by atoms with Crippen molar-refractivity contribution in [3.05, 3.63) is 28.9 Å². The van der Waals surface area contributed by atoms with Crippen LogP contribution in [0.15, 0.2) is 17.5 Å². The number of rotatable bonds is 0. The molecule has 0 unspecified atom stereocenters. The lowest BCUT2D eigenvalue weighted by Gasteiger charge is -1.94. The normalized spacial score (nSPS) is 10.2. The van der Waals surface area contributed by atoms with Gasteiger partial charge in [-0.2, -0.15) is 5.26 Å². The Morgan fingerprint density at radius 2 is 2.23 bits per heavy atom. The van der Waals surface area contributed by atoms with Gasteiger partial charge in [-0.3, -0.25) is 0 Å². The van der Waals surface area contributed by atoms with Gasteiger partial charge in [0.25, 0.3) is 0 Å². The lowest BCUT2D eigenvalue weighted by atomic mass is 9.95. The van der Waals surface area contributed by atoms with Crippen LogP contribution in [0.3, 0.4) is 0 Å². The number of nitriles is 1. The summed E-state index contributed by atoms with van der Waals surface area (Å²) >= 11 is 1.36. The predicted octanol–water partition coefficient (Wildman–Crippen LogP) is 1.71. The molecule has 0 spiro atoms. The highest BCUT2D eigenvalue weighted by Gasteiger charge is 2.06. The molecular weight excluding hydrogens is 184 g/mol. The molecule has 2 radical (unpaired) electrons. The van der Waals surface area contributed by atoms with E-state index in [1.165, 1.54) is 23.5 Å². The van der Waals surface area contributed by atoms with E-state index in [0.717, 1.165) is 4.70 Å². The lowest BCUT2D eigenvalue weighted by molar-refractivity contribution is 0.629. The predicted molar refractivity (Wildman–Crippen MR) is 51.9 cm³/mol. The molecule has 1 heterocycles. The van der Waals surface area contributed by atoms with E-state index in [4.69, 9.17) is 13.1 Å². The van der Waals surface area contributed by atoms with Gasteiger partial charge in [0, 0.05) is 0 Å². The number of benzene rings is 1. The summed E-state index contributed by atoms with van der Waals surface area (Å²) in [5, 5.41) is 11.1. The summed E-state index contributed by atoms with van der Waals surface area (Å²) in [6.45, 7) is 0. The van der Waals surface area contributed by atoms with Gasteiger partial charge in [0.2, 0.25) is 0 Å². The van der Waals surface area contributed by atoms with Crippen LogP contribution in [0.2, 0.25) is 0 Å². The Morgan fingerprint density at radius 1 is 1.46 bits per heavy atom. The minimum atomic E-state index is -0.422. The van der Waals surface area contributed by atoms with Crippen LogP contribution in [0.5, 0.6) is 0 Å². The number of nitrogens with zero attached hydrogens (tertiary/aromatic N) is 1. The van der Waals surface area contributed by atoms with Gasteiger partial charge in [-0.1, -0.05) is 5.46 Å². The monoisotopic (exact) mass is 187 g/mol. The molecule has 0 bridgehead atoms. The summed E-state index contributed by atoms with van der Waals surface area (Å²) in [4.78, 5) is 0. The molecule has 4 heteroatoms. The Labute approximate surface area is 79.8 Å². The standard InChI is InChI=1S/C9H3BFNS/c10-8-4-13-9-5(3-12)1-6(11)2-7(8)9/h1-2,4H. The van der Waals surface area contributed by atoms with Crippen LogP contribution in [-0.4, -0.2) is 7.85 Å². The summed E-state index contributed by atoms with van der Waals surface area (Å²) in [5.41, 5.74) is 0.868. The molecule has 0 amide bonds. The first-order valence-corrected chi connectivity index (χ1v) is 4.46. The van der Waals surface area contributed by atoms with Gasteiger partial charge in [0.1, 0.15) is 19.7 Å². The van der Waals surface area contributed by atoms with Crippen LogP contribution in [0.1, 0.15) is 5.56 Å². The minimum absolute atomic E-state index is 0.344. The maximum absolute atomic E-state index is 12.9. The smallest absolute Gasteiger partial charge is 0.125 e. The molecule has 0 aliphatic heterocycles. The van der Waals surface area contributed by atoms with Crippen molar-refractivity contribution >= 4 is 34.7 Å². The maximum atomic E-state index is 12.9. The van der Waals surface area contributed by atoms with Gasteiger partial charge >= 0.3 is 0 Å². The Bertz CT molecular complexity index is 512. The zero-order valence-corrected chi connectivity index (χ0v) is 7.36. The Balaban J connectivity index is 2.94. The third-order valence-electron chi connectivity index (χ3n) is 1.79. The Hall–Kier alpha value is -1.34. The summed E-state index contributed by atoms with van der Waals surface area (Å²) < 4.78 is 13.7. The van der Waals surface area contributed by atoms with E-state index in [1.54, 1.807) is 5.38 Å². The quantitative estimate of drug-likeness (QED) is 0.576. The number of halogens is 1. The largest absolute Gasteiger partial charge is 0.207 e. The molecule has 60 valence electrons. The second-order valence-corrected chi connectivity index (χ2v) is 3.51. The van der Waals surface area contributed by atoms with Crippen molar-refractivity contribution in [3.63, 3.8) is 0 Å². The van der Waals surface area contributed by atoms with Gasteiger partial charge in [-0.25, -0.2) is 4.39 Å². The number of thiophene rings is 1. The molecule has 0 aliphatic rings. The van der Waals surface area contributed by atoms with E-state index < -0.39 is 5.82 Å². The minimum Gasteiger partial charge on any atom is -0.207 e. The van der Waals surface area contributed by atoms with Gasteiger partial charge in [0.15, 0.2) is 0 Å². The van der Waals surface area contributed by atoms with Crippen molar-refractivity contribution < 1.29 is 4.39 Å². The van der Waals surface area contributed by atoms with E-state index in [1.807, 2.05) is 6.07 Å². The zero-order chi connectivity index (χ0) is 9.42. The van der Waals surface area contributed by atoms with Crippen molar-refractivity contribution in [3.8, 4) is 6.07 Å². The fourth-order valence-electron chi connectivity index (χ4n) is 1.20. The molecule has 1 nitrogen and oxygen atoms in total. The third-order valence-corrected chi connectivity index (χ3v) is 2.84. The van der Waals surface area contributed by atoms with Crippen LogP contribution >= 0.6 is 11.3 Å². The number of hydrogen-bond donors (Lipinski definition) is 0. The fourth-order valence-corrected chi connectivity index (χ4v) is 2.11. The number of hydrogen-bond acceptors (Lipinski definition) is 2. The van der Waals surface area contributed by atoms with Crippen molar-refractivity contribution in [1.29, 1.82) is 5.26 Å². The average Bonchev–Trinajstić information content (AvgIpc) is 2.47. The van der Waals surface area contributed by atoms with E-state index in [0.29, 0.717) is 16.4 Å². The van der Waals surface area contributed by atoms with Crippen LogP contribution in [-0.2, 0) is 0 Å². The maximum Gasteiger partial charge on any atom is 0.125 e. The second-order valence-electron chi connectivity index (χ2n) is 2.63. The van der Waals surface area contributed by atoms with Crippen molar-refractivity contribution in [2.45, 2.75) is 0 Å². The molecule has 0 N–H and O–H groups in total. The highest BCUT2D eigenvalue weighted by Crippen LogP contribution is 2.23. The first kappa shape index (κ1) is 8.27. The van der Waals surface area contributed by atoms with Crippen molar-refractivity contribution in [1.82, 2.24) is 0 Å². The van der Waals surface area contributed by atoms with Crippen LogP contribution in [0, 0.1) is 17.1 Å². The van der Waals surface area contributed by atoms with Crippen LogP contribution < -0.4 is 5.46 Å². The lowest BCUT2D eigenvalue weighted by Crippen LogP contribution is -1.97. The Morgan fingerprint density at radius 3 is 2.92 bits per heavy atom. The molecule has 1 aromatic heterocycles. The Kier molecular flexibility index (Phi) is 1.82. The molecule has 2 aromatic rings. The number of fused-ring (bicyclic) bond motifs is 1. The summed E-state index contributed by atoms with van der Waals surface area (Å²) in [5.74, 6) is -0.422. The van der Waals surface area contributed by atoms with E-state index in [9.17, 15) is 4.39 Å². The van der Waals surface area contributed by atoms with Gasteiger partial charge in [-0.05, 0) is 22.9 Å². The average molecular weight is 187 g/mol. The fraction of sp³-hybridized carbons (Fsp3) is 0. The first-order valence-electron chi connectivity index (χ1n) is 3.58. The van der Waals surface area contributed by atoms with E-state index in [-0.39, 0.29) is 0 Å². The van der Waals surface area contributed by atoms with Gasteiger partial charge in [0.05, 0.1) is 10.3 Å². The first-order chi connectivity index (χ1) is 6.22. The van der Waals surface area contributed by atoms with Crippen molar-refractivity contribution in [2.75, 3.05) is 0 Å². The van der Waals surface area contributed by atoms with Gasteiger partial charge in [-0.15, -0.1) is 11.3 Å². The van der Waals surface area contributed by atoms with E-state index >= 15 is 0 Å². The topological polar surface area (TPSA) is 23.8 Å². The van der Waals surface area contributed by atoms with E-state index in [2.05, 4.69) is 0 Å². The molecule has 0 saturated heterocycles. The molecule has 0 aliphatic carbocycles. The highest BCUT2D eigenvalue weighted by molar-refractivity contribution is 7.18. The molecule has 0 saturated carbocycles. The third kappa shape index (κ3) is 1.22. The second kappa shape index (κ2) is 2.86. The van der Waals surface area contributed by atoms with Gasteiger partial charge < -0.3 is 0 Å². The molecular formula is C9H3BFNS. The van der Waals surface area contributed by atoms with Crippen LogP contribution in [0.25, 0.3) is 10.1 Å². The molecule has 0 fully saturated rings. The molecule has 2 rings (SSSR count). The van der Waals surface area contributed by atoms with Crippen LogP contribution in [0.4, 0.5) is 4.39 Å². The highest BCUT2D eigenvalue weighted by atomic mass is 32.1. The van der Waals surface area contributed by atoms with Crippen molar-refractivity contribution in [2.24, 2.45) is 0 Å². The summed E-state index contributed by atoms with van der Waals surface area (Å²) in [6, 6.07) is 4.51. The molecule has 1 aromatic carbocycles. The summed E-state index contributed by atoms with van der Waals surface area (Å²) in [6.07, 6.45) is 0. The molecule has 13 heavy (non-hydrogen) atoms. The SMILES string of the molecule is [B]c1csc2c(C#N)cc(F)cc12. The zero-order valence-electron chi connectivity index (χ0n) is 6.54.